The molecule has 3 rings (SSSR count). The summed E-state index contributed by atoms with van der Waals surface area (Å²) >= 11 is 6.19. The molecule has 25 heavy (non-hydrogen) atoms. The molecule has 126 valence electrons. The number of methoxy groups -OCH3 is 1. The summed E-state index contributed by atoms with van der Waals surface area (Å²) in [6, 6.07) is 14.1. The molecule has 0 bridgehead atoms. The second-order valence-corrected chi connectivity index (χ2v) is 6.88. The van der Waals surface area contributed by atoms with Crippen LogP contribution in [-0.4, -0.2) is 23.2 Å². The molecule has 7 heteroatoms. The zero-order valence-corrected chi connectivity index (χ0v) is 14.9. The van der Waals surface area contributed by atoms with Crippen LogP contribution in [0.3, 0.4) is 0 Å². The Hall–Kier alpha value is -2.64. The van der Waals surface area contributed by atoms with Crippen LogP contribution in [0.4, 0.5) is 5.69 Å². The zero-order valence-electron chi connectivity index (χ0n) is 13.2. The van der Waals surface area contributed by atoms with Crippen molar-refractivity contribution in [1.82, 2.24) is 5.32 Å². The van der Waals surface area contributed by atoms with E-state index in [4.69, 9.17) is 17.0 Å². The van der Waals surface area contributed by atoms with E-state index in [2.05, 4.69) is 10.6 Å². The third-order valence-corrected chi connectivity index (χ3v) is 4.60. The molecular formula is C18H14N2O3S2. The van der Waals surface area contributed by atoms with Crippen LogP contribution in [0.15, 0.2) is 53.4 Å². The first kappa shape index (κ1) is 17.2. The summed E-state index contributed by atoms with van der Waals surface area (Å²) in [5, 5.41) is 5.41. The van der Waals surface area contributed by atoms with Crippen molar-refractivity contribution in [2.45, 2.75) is 0 Å². The van der Waals surface area contributed by atoms with Gasteiger partial charge in [-0.1, -0.05) is 36.1 Å². The minimum atomic E-state index is -0.221. The van der Waals surface area contributed by atoms with E-state index in [0.29, 0.717) is 26.2 Å². The number of thiocarbonyl (C=S) groups is 1. The van der Waals surface area contributed by atoms with E-state index in [9.17, 15) is 9.59 Å². The number of nitrogens with one attached hydrogen (secondary N) is 2. The number of hydrogen-bond acceptors (Lipinski definition) is 5. The largest absolute Gasteiger partial charge is 0.497 e. The monoisotopic (exact) mass is 370 g/mol. The van der Waals surface area contributed by atoms with Gasteiger partial charge in [0.25, 0.3) is 11.8 Å². The number of benzene rings is 2. The van der Waals surface area contributed by atoms with Crippen molar-refractivity contribution in [2.75, 3.05) is 12.4 Å². The SMILES string of the molecule is COc1ccc(C(=O)Nc2cccc(/C=C3\SC(=S)NC3=O)c2)cc1. The fourth-order valence-corrected chi connectivity index (χ4v) is 3.27. The number of rotatable bonds is 4. The maximum Gasteiger partial charge on any atom is 0.263 e. The molecule has 0 aromatic heterocycles. The van der Waals surface area contributed by atoms with Gasteiger partial charge in [0, 0.05) is 11.3 Å². The van der Waals surface area contributed by atoms with Crippen LogP contribution in [0, 0.1) is 0 Å². The van der Waals surface area contributed by atoms with E-state index in [1.807, 2.05) is 12.1 Å². The summed E-state index contributed by atoms with van der Waals surface area (Å²) in [6.07, 6.45) is 1.74. The first-order valence-electron chi connectivity index (χ1n) is 7.35. The van der Waals surface area contributed by atoms with Crippen molar-refractivity contribution < 1.29 is 14.3 Å². The van der Waals surface area contributed by atoms with Gasteiger partial charge >= 0.3 is 0 Å². The molecule has 1 aliphatic heterocycles. The van der Waals surface area contributed by atoms with E-state index in [0.717, 1.165) is 5.56 Å². The van der Waals surface area contributed by atoms with Gasteiger partial charge in [-0.3, -0.25) is 9.59 Å². The molecular weight excluding hydrogens is 356 g/mol. The fraction of sp³-hybridized carbons (Fsp3) is 0.0556. The molecule has 0 radical (unpaired) electrons. The highest BCUT2D eigenvalue weighted by atomic mass is 32.2. The Labute approximate surface area is 154 Å². The summed E-state index contributed by atoms with van der Waals surface area (Å²) < 4.78 is 5.53. The van der Waals surface area contributed by atoms with Crippen LogP contribution in [0.5, 0.6) is 5.75 Å². The maximum atomic E-state index is 12.3. The van der Waals surface area contributed by atoms with Crippen molar-refractivity contribution in [2.24, 2.45) is 0 Å². The van der Waals surface area contributed by atoms with E-state index in [1.54, 1.807) is 49.6 Å². The smallest absolute Gasteiger partial charge is 0.263 e. The van der Waals surface area contributed by atoms with Crippen molar-refractivity contribution in [3.05, 3.63) is 64.6 Å². The molecule has 2 amide bonds. The molecule has 0 unspecified atom stereocenters. The Morgan fingerprint density at radius 3 is 2.64 bits per heavy atom. The molecule has 1 heterocycles. The molecule has 0 aliphatic carbocycles. The normalized spacial score (nSPS) is 15.2. The van der Waals surface area contributed by atoms with Gasteiger partial charge < -0.3 is 15.4 Å². The summed E-state index contributed by atoms with van der Waals surface area (Å²) in [4.78, 5) is 24.6. The molecule has 2 N–H and O–H groups in total. The average Bonchev–Trinajstić information content (AvgIpc) is 2.92. The Bertz CT molecular complexity index is 876. The Balaban J connectivity index is 1.75. The number of carbonyl (C=O) groups is 2. The number of thioether (sulfide) groups is 1. The quantitative estimate of drug-likeness (QED) is 0.637. The van der Waals surface area contributed by atoms with Gasteiger partial charge in [0.05, 0.1) is 12.0 Å². The summed E-state index contributed by atoms with van der Waals surface area (Å²) in [5.74, 6) is 0.264. The van der Waals surface area contributed by atoms with E-state index in [-0.39, 0.29) is 11.8 Å². The number of ether oxygens (including phenoxy) is 1. The molecule has 0 saturated carbocycles. The van der Waals surface area contributed by atoms with Gasteiger partial charge in [0.15, 0.2) is 0 Å². The minimum Gasteiger partial charge on any atom is -0.497 e. The molecule has 1 fully saturated rings. The molecule has 5 nitrogen and oxygen atoms in total. The first-order valence-corrected chi connectivity index (χ1v) is 8.58. The third kappa shape index (κ3) is 4.26. The lowest BCUT2D eigenvalue weighted by atomic mass is 10.1. The van der Waals surface area contributed by atoms with Gasteiger partial charge in [0.2, 0.25) is 0 Å². The molecule has 0 spiro atoms. The van der Waals surface area contributed by atoms with Gasteiger partial charge in [-0.15, -0.1) is 0 Å². The van der Waals surface area contributed by atoms with Crippen molar-refractivity contribution in [3.63, 3.8) is 0 Å². The maximum absolute atomic E-state index is 12.3. The lowest BCUT2D eigenvalue weighted by molar-refractivity contribution is -0.115. The molecule has 1 aliphatic rings. The van der Waals surface area contributed by atoms with Gasteiger partial charge in [0.1, 0.15) is 10.1 Å². The Kier molecular flexibility index (Phi) is 5.16. The van der Waals surface area contributed by atoms with Crippen LogP contribution in [0.1, 0.15) is 15.9 Å². The van der Waals surface area contributed by atoms with Crippen LogP contribution >= 0.6 is 24.0 Å². The molecule has 2 aromatic carbocycles. The summed E-state index contributed by atoms with van der Waals surface area (Å²) in [6.45, 7) is 0. The zero-order chi connectivity index (χ0) is 17.8. The minimum absolute atomic E-state index is 0.206. The van der Waals surface area contributed by atoms with E-state index in [1.165, 1.54) is 11.8 Å². The summed E-state index contributed by atoms with van der Waals surface area (Å²) in [7, 11) is 1.57. The Morgan fingerprint density at radius 2 is 2.00 bits per heavy atom. The predicted molar refractivity (Wildman–Crippen MR) is 104 cm³/mol. The topological polar surface area (TPSA) is 67.4 Å². The number of hydrogen-bond donors (Lipinski definition) is 2. The highest BCUT2D eigenvalue weighted by Crippen LogP contribution is 2.26. The Morgan fingerprint density at radius 1 is 1.24 bits per heavy atom. The van der Waals surface area contributed by atoms with Gasteiger partial charge in [-0.2, -0.15) is 0 Å². The van der Waals surface area contributed by atoms with Gasteiger partial charge in [-0.25, -0.2) is 0 Å². The predicted octanol–water partition coefficient (Wildman–Crippen LogP) is 3.44. The second kappa shape index (κ2) is 7.50. The van der Waals surface area contributed by atoms with Crippen molar-refractivity contribution in [1.29, 1.82) is 0 Å². The lowest BCUT2D eigenvalue weighted by Crippen LogP contribution is -2.17. The second-order valence-electron chi connectivity index (χ2n) is 5.16. The highest BCUT2D eigenvalue weighted by Gasteiger charge is 2.21. The van der Waals surface area contributed by atoms with Crippen LogP contribution in [0.2, 0.25) is 0 Å². The van der Waals surface area contributed by atoms with Crippen molar-refractivity contribution >= 4 is 51.9 Å². The van der Waals surface area contributed by atoms with E-state index < -0.39 is 0 Å². The van der Waals surface area contributed by atoms with E-state index >= 15 is 0 Å². The average molecular weight is 370 g/mol. The molecule has 1 saturated heterocycles. The number of amides is 2. The fourth-order valence-electron chi connectivity index (χ4n) is 2.22. The number of anilines is 1. The van der Waals surface area contributed by atoms with Crippen molar-refractivity contribution in [3.8, 4) is 5.75 Å². The summed E-state index contributed by atoms with van der Waals surface area (Å²) in [5.41, 5.74) is 1.97. The lowest BCUT2D eigenvalue weighted by Gasteiger charge is -2.07. The van der Waals surface area contributed by atoms with Crippen LogP contribution < -0.4 is 15.4 Å². The molecule has 2 aromatic rings. The molecule has 0 atom stereocenters. The van der Waals surface area contributed by atoms with Crippen LogP contribution in [-0.2, 0) is 4.79 Å². The third-order valence-electron chi connectivity index (χ3n) is 3.44. The van der Waals surface area contributed by atoms with Gasteiger partial charge in [-0.05, 0) is 48.0 Å². The van der Waals surface area contributed by atoms with Crippen LogP contribution in [0.25, 0.3) is 6.08 Å². The first-order chi connectivity index (χ1) is 12.0. The standard InChI is InChI=1S/C18H14N2O3S2/c1-23-14-7-5-12(6-8-14)16(21)19-13-4-2-3-11(9-13)10-15-17(22)20-18(24)25-15/h2-10H,1H3,(H,19,21)(H,20,22,24)/b15-10-. The number of carbonyl (C=O) groups excluding carboxylic acids is 2. The highest BCUT2D eigenvalue weighted by molar-refractivity contribution is 8.26.